The van der Waals surface area contributed by atoms with Gasteiger partial charge in [-0.25, -0.2) is 4.98 Å². The minimum Gasteiger partial charge on any atom is -0.356 e. The molecule has 1 aromatic carbocycles. The number of nitrogens with zero attached hydrogens (tertiary/aromatic N) is 2. The van der Waals surface area contributed by atoms with Gasteiger partial charge in [0.1, 0.15) is 23.7 Å². The van der Waals surface area contributed by atoms with Gasteiger partial charge in [0.25, 0.3) is 5.91 Å². The second kappa shape index (κ2) is 10.6. The maximum atomic E-state index is 13.1. The number of nitrogens with one attached hydrogen (secondary N) is 3. The lowest BCUT2D eigenvalue weighted by Gasteiger charge is -2.21. The molecule has 0 aliphatic carbocycles. The molecule has 0 spiro atoms. The molecule has 2 aromatic heterocycles. The van der Waals surface area contributed by atoms with E-state index in [2.05, 4.69) is 36.9 Å². The Bertz CT molecular complexity index is 1210. The Morgan fingerprint density at radius 1 is 1.18 bits per heavy atom. The van der Waals surface area contributed by atoms with Gasteiger partial charge in [0.05, 0.1) is 6.04 Å². The summed E-state index contributed by atoms with van der Waals surface area (Å²) < 4.78 is 2.54. The third kappa shape index (κ3) is 5.69. The van der Waals surface area contributed by atoms with Crippen LogP contribution in [0.1, 0.15) is 28.9 Å². The average molecular weight is 526 g/mol. The molecule has 0 bridgehead atoms. The Morgan fingerprint density at radius 2 is 1.97 bits per heavy atom. The molecular weight excluding hydrogens is 502 g/mol. The molecule has 176 valence electrons. The van der Waals surface area contributed by atoms with Gasteiger partial charge in [-0.1, -0.05) is 30.3 Å². The molecule has 1 aliphatic rings. The molecular formula is C24H24BrN5O4. The van der Waals surface area contributed by atoms with Crippen molar-refractivity contribution in [3.05, 3.63) is 70.6 Å². The third-order valence-electron chi connectivity index (χ3n) is 5.75. The number of imidazole rings is 1. The first-order valence-corrected chi connectivity index (χ1v) is 11.7. The van der Waals surface area contributed by atoms with Gasteiger partial charge in [0.15, 0.2) is 0 Å². The molecule has 3 aromatic rings. The second-order valence-electron chi connectivity index (χ2n) is 8.22. The summed E-state index contributed by atoms with van der Waals surface area (Å²) in [6.07, 6.45) is 5.06. The molecule has 34 heavy (non-hydrogen) atoms. The van der Waals surface area contributed by atoms with Crippen molar-refractivity contribution in [1.82, 2.24) is 25.3 Å². The van der Waals surface area contributed by atoms with Crippen LogP contribution in [0.25, 0.3) is 5.65 Å². The minimum atomic E-state index is -0.939. The van der Waals surface area contributed by atoms with E-state index in [-0.39, 0.29) is 30.4 Å². The molecule has 3 amide bonds. The Kier molecular flexibility index (Phi) is 7.36. The van der Waals surface area contributed by atoms with Crippen molar-refractivity contribution >= 4 is 45.6 Å². The molecule has 3 heterocycles. The fourth-order valence-electron chi connectivity index (χ4n) is 3.97. The molecule has 0 radical (unpaired) electrons. The quantitative estimate of drug-likeness (QED) is 0.366. The fraction of sp³-hybridized carbons (Fsp3) is 0.292. The van der Waals surface area contributed by atoms with E-state index in [9.17, 15) is 19.2 Å². The lowest BCUT2D eigenvalue weighted by molar-refractivity contribution is -0.127. The number of amides is 3. The number of fused-ring (bicyclic) bond motifs is 1. The van der Waals surface area contributed by atoms with E-state index in [0.717, 1.165) is 10.0 Å². The van der Waals surface area contributed by atoms with Crippen LogP contribution in [0.15, 0.2) is 59.3 Å². The topological polar surface area (TPSA) is 122 Å². The first-order valence-electron chi connectivity index (χ1n) is 11.0. The maximum absolute atomic E-state index is 13.1. The second-order valence-corrected chi connectivity index (χ2v) is 9.13. The summed E-state index contributed by atoms with van der Waals surface area (Å²) in [5, 5.41) is 8.18. The third-order valence-corrected chi connectivity index (χ3v) is 6.21. The summed E-state index contributed by atoms with van der Waals surface area (Å²) in [7, 11) is 0. The van der Waals surface area contributed by atoms with Crippen LogP contribution in [-0.4, -0.2) is 52.0 Å². The number of carbonyl (C=O) groups is 4. The van der Waals surface area contributed by atoms with E-state index in [1.807, 2.05) is 36.4 Å². The molecule has 1 unspecified atom stereocenters. The van der Waals surface area contributed by atoms with Crippen molar-refractivity contribution in [1.29, 1.82) is 0 Å². The van der Waals surface area contributed by atoms with Gasteiger partial charge in [-0.15, -0.1) is 0 Å². The van der Waals surface area contributed by atoms with Gasteiger partial charge in [0.2, 0.25) is 11.8 Å². The summed E-state index contributed by atoms with van der Waals surface area (Å²) in [5.74, 6) is -1.45. The lowest BCUT2D eigenvalue weighted by Crippen LogP contribution is -2.51. The number of hydrogen-bond donors (Lipinski definition) is 3. The van der Waals surface area contributed by atoms with Crippen molar-refractivity contribution in [2.24, 2.45) is 5.92 Å². The van der Waals surface area contributed by atoms with Crippen LogP contribution in [0.3, 0.4) is 0 Å². The Labute approximate surface area is 204 Å². The monoisotopic (exact) mass is 525 g/mol. The summed E-state index contributed by atoms with van der Waals surface area (Å²) >= 11 is 3.38. The number of hydrogen-bond acceptors (Lipinski definition) is 5. The van der Waals surface area contributed by atoms with E-state index in [1.54, 1.807) is 22.9 Å². The van der Waals surface area contributed by atoms with Crippen LogP contribution in [0.2, 0.25) is 0 Å². The van der Waals surface area contributed by atoms with E-state index < -0.39 is 23.9 Å². The predicted octanol–water partition coefficient (Wildman–Crippen LogP) is 1.65. The number of aromatic nitrogens is 2. The van der Waals surface area contributed by atoms with Crippen LogP contribution in [0, 0.1) is 5.92 Å². The smallest absolute Gasteiger partial charge is 0.272 e. The van der Waals surface area contributed by atoms with Crippen molar-refractivity contribution in [2.75, 3.05) is 6.54 Å². The zero-order valence-electron chi connectivity index (χ0n) is 18.2. The molecule has 3 atom stereocenters. The zero-order chi connectivity index (χ0) is 24.1. The van der Waals surface area contributed by atoms with Crippen molar-refractivity contribution in [3.63, 3.8) is 0 Å². The first kappa shape index (κ1) is 23.6. The molecule has 4 rings (SSSR count). The first-order chi connectivity index (χ1) is 16.4. The lowest BCUT2D eigenvalue weighted by atomic mass is 9.98. The Balaban J connectivity index is 1.50. The van der Waals surface area contributed by atoms with Gasteiger partial charge >= 0.3 is 0 Å². The average Bonchev–Trinajstić information content (AvgIpc) is 3.44. The fourth-order valence-corrected chi connectivity index (χ4v) is 4.33. The van der Waals surface area contributed by atoms with Gasteiger partial charge in [-0.2, -0.15) is 0 Å². The highest BCUT2D eigenvalue weighted by molar-refractivity contribution is 9.10. The van der Waals surface area contributed by atoms with Gasteiger partial charge in [-0.3, -0.25) is 14.4 Å². The van der Waals surface area contributed by atoms with Crippen LogP contribution in [0.5, 0.6) is 0 Å². The number of pyridine rings is 1. The molecule has 1 aliphatic heterocycles. The molecule has 1 saturated heterocycles. The number of aldehydes is 1. The highest BCUT2D eigenvalue weighted by Crippen LogP contribution is 2.16. The van der Waals surface area contributed by atoms with E-state index in [4.69, 9.17) is 0 Å². The normalized spacial score (nSPS) is 17.1. The highest BCUT2D eigenvalue weighted by Gasteiger charge is 2.30. The summed E-state index contributed by atoms with van der Waals surface area (Å²) in [5.41, 5.74) is 1.60. The number of carbonyl (C=O) groups excluding carboxylic acids is 4. The Hall–Kier alpha value is -3.53. The molecule has 1 fully saturated rings. The SMILES string of the molecule is O=C[C@H](CC1CCNC1=O)NC(=O)[C@H](Cc1ccccc1)NC(=O)c1cn2cc(Br)ccc2n1. The van der Waals surface area contributed by atoms with Crippen molar-refractivity contribution in [2.45, 2.75) is 31.3 Å². The highest BCUT2D eigenvalue weighted by atomic mass is 79.9. The van der Waals surface area contributed by atoms with Gasteiger partial charge in [0, 0.05) is 35.7 Å². The molecule has 10 heteroatoms. The van der Waals surface area contributed by atoms with Crippen molar-refractivity contribution in [3.8, 4) is 0 Å². The van der Waals surface area contributed by atoms with E-state index in [0.29, 0.717) is 24.9 Å². The standard InChI is InChI=1S/C24H24BrN5O4/c25-17-6-7-21-28-20(13-30(21)12-17)24(34)29-19(10-15-4-2-1-3-5-15)23(33)27-18(14-31)11-16-8-9-26-22(16)32/h1-7,12-14,16,18-19H,8-11H2,(H,26,32)(H,27,33)(H,29,34)/t16?,18-,19-/m0/s1. The van der Waals surface area contributed by atoms with Gasteiger partial charge in [-0.05, 0) is 46.5 Å². The van der Waals surface area contributed by atoms with E-state index in [1.165, 1.54) is 0 Å². The predicted molar refractivity (Wildman–Crippen MR) is 128 cm³/mol. The largest absolute Gasteiger partial charge is 0.356 e. The van der Waals surface area contributed by atoms with Crippen molar-refractivity contribution < 1.29 is 19.2 Å². The maximum Gasteiger partial charge on any atom is 0.272 e. The summed E-state index contributed by atoms with van der Waals surface area (Å²) in [6.45, 7) is 0.561. The van der Waals surface area contributed by atoms with Crippen LogP contribution < -0.4 is 16.0 Å². The summed E-state index contributed by atoms with van der Waals surface area (Å²) in [4.78, 5) is 54.0. The van der Waals surface area contributed by atoms with E-state index >= 15 is 0 Å². The van der Waals surface area contributed by atoms with Crippen LogP contribution in [0.4, 0.5) is 0 Å². The minimum absolute atomic E-state index is 0.117. The number of halogens is 1. The number of benzene rings is 1. The van der Waals surface area contributed by atoms with Crippen LogP contribution in [-0.2, 0) is 20.8 Å². The molecule has 0 saturated carbocycles. The van der Waals surface area contributed by atoms with Crippen LogP contribution >= 0.6 is 15.9 Å². The molecule has 3 N–H and O–H groups in total. The van der Waals surface area contributed by atoms with Gasteiger partial charge < -0.3 is 25.1 Å². The summed E-state index contributed by atoms with van der Waals surface area (Å²) in [6, 6.07) is 11.1. The Morgan fingerprint density at radius 3 is 2.68 bits per heavy atom. The molecule has 9 nitrogen and oxygen atoms in total. The number of rotatable bonds is 9. The zero-order valence-corrected chi connectivity index (χ0v) is 19.8.